The lowest BCUT2D eigenvalue weighted by Crippen LogP contribution is -2.48. The first kappa shape index (κ1) is 15.0. The molecule has 1 aromatic heterocycles. The molecule has 1 aliphatic rings. The smallest absolute Gasteiger partial charge is 0.250 e. The Labute approximate surface area is 122 Å². The predicted molar refractivity (Wildman–Crippen MR) is 76.2 cm³/mol. The molecule has 0 aliphatic carbocycles. The van der Waals surface area contributed by atoms with Crippen molar-refractivity contribution in [3.63, 3.8) is 0 Å². The summed E-state index contributed by atoms with van der Waals surface area (Å²) in [5.74, 6) is 0.0893. The van der Waals surface area contributed by atoms with Crippen molar-refractivity contribution in [3.8, 4) is 0 Å². The van der Waals surface area contributed by atoms with Gasteiger partial charge in [-0.05, 0) is 13.0 Å². The number of nitrogens with two attached hydrogens (primary N) is 1. The minimum atomic E-state index is -0.543. The van der Waals surface area contributed by atoms with Crippen LogP contribution in [0, 0.1) is 0 Å². The second-order valence-electron chi connectivity index (χ2n) is 4.82. The van der Waals surface area contributed by atoms with Crippen molar-refractivity contribution in [2.45, 2.75) is 19.1 Å². The maximum absolute atomic E-state index is 11.1. The van der Waals surface area contributed by atoms with Gasteiger partial charge in [0.25, 0.3) is 0 Å². The zero-order valence-corrected chi connectivity index (χ0v) is 12.3. The quantitative estimate of drug-likeness (QED) is 0.900. The first-order valence-corrected chi connectivity index (χ1v) is 6.73. The molecule has 2 atom stereocenters. The van der Waals surface area contributed by atoms with Crippen LogP contribution >= 0.6 is 11.6 Å². The molecule has 1 aromatic rings. The highest BCUT2D eigenvalue weighted by atomic mass is 35.5. The molecule has 0 saturated carbocycles. The minimum absolute atomic E-state index is 0.0302. The van der Waals surface area contributed by atoms with Gasteiger partial charge in [-0.1, -0.05) is 11.6 Å². The molecule has 2 N–H and O–H groups in total. The third-order valence-corrected chi connectivity index (χ3v) is 3.36. The highest BCUT2D eigenvalue weighted by Gasteiger charge is 2.27. The molecular formula is C13H18ClN3O3. The Bertz CT molecular complexity index is 498. The number of methoxy groups -OCH3 is 1. The molecule has 7 heteroatoms. The molecule has 1 fully saturated rings. The maximum atomic E-state index is 11.1. The van der Waals surface area contributed by atoms with Crippen LogP contribution in [0.5, 0.6) is 0 Å². The number of carbonyl (C=O) groups excluding carboxylic acids is 1. The van der Waals surface area contributed by atoms with Crippen LogP contribution in [0.2, 0.25) is 5.02 Å². The van der Waals surface area contributed by atoms with Gasteiger partial charge >= 0.3 is 0 Å². The summed E-state index contributed by atoms with van der Waals surface area (Å²) < 4.78 is 10.9. The lowest BCUT2D eigenvalue weighted by molar-refractivity contribution is -0.0512. The van der Waals surface area contributed by atoms with Crippen molar-refractivity contribution in [1.29, 1.82) is 0 Å². The number of amides is 1. The monoisotopic (exact) mass is 299 g/mol. The second-order valence-corrected chi connectivity index (χ2v) is 5.23. The summed E-state index contributed by atoms with van der Waals surface area (Å²) in [6.07, 6.45) is 1.46. The van der Waals surface area contributed by atoms with Crippen LogP contribution in [0.15, 0.2) is 12.3 Å². The Morgan fingerprint density at radius 2 is 2.40 bits per heavy atom. The highest BCUT2D eigenvalue weighted by Crippen LogP contribution is 2.27. The van der Waals surface area contributed by atoms with E-state index in [1.807, 2.05) is 11.8 Å². The number of nitrogens with zero attached hydrogens (tertiary/aromatic N) is 2. The van der Waals surface area contributed by atoms with Gasteiger partial charge in [-0.2, -0.15) is 0 Å². The average Bonchev–Trinajstić information content (AvgIpc) is 2.38. The van der Waals surface area contributed by atoms with E-state index in [9.17, 15) is 4.79 Å². The molecule has 2 heterocycles. The van der Waals surface area contributed by atoms with Crippen LogP contribution < -0.4 is 10.6 Å². The van der Waals surface area contributed by atoms with E-state index < -0.39 is 5.91 Å². The van der Waals surface area contributed by atoms with E-state index in [1.165, 1.54) is 12.3 Å². The van der Waals surface area contributed by atoms with Crippen LogP contribution in [0.1, 0.15) is 17.3 Å². The molecule has 110 valence electrons. The van der Waals surface area contributed by atoms with Crippen LogP contribution in [-0.2, 0) is 9.47 Å². The highest BCUT2D eigenvalue weighted by molar-refractivity contribution is 6.33. The first-order valence-electron chi connectivity index (χ1n) is 6.36. The van der Waals surface area contributed by atoms with E-state index >= 15 is 0 Å². The van der Waals surface area contributed by atoms with Crippen molar-refractivity contribution in [2.75, 3.05) is 31.7 Å². The minimum Gasteiger partial charge on any atom is -0.382 e. The van der Waals surface area contributed by atoms with Crippen molar-refractivity contribution in [3.05, 3.63) is 22.8 Å². The van der Waals surface area contributed by atoms with Crippen LogP contribution in [0.4, 0.5) is 5.82 Å². The number of pyridine rings is 1. The van der Waals surface area contributed by atoms with E-state index in [-0.39, 0.29) is 12.2 Å². The largest absolute Gasteiger partial charge is 0.382 e. The maximum Gasteiger partial charge on any atom is 0.250 e. The first-order chi connectivity index (χ1) is 9.51. The SMILES string of the molecule is COCC1CN(c2ncc(C(N)=O)cc2Cl)CC(C)O1. The third-order valence-electron chi connectivity index (χ3n) is 3.08. The van der Waals surface area contributed by atoms with Gasteiger partial charge in [0.15, 0.2) is 0 Å². The normalized spacial score (nSPS) is 22.9. The van der Waals surface area contributed by atoms with Crippen LogP contribution in [-0.4, -0.2) is 49.9 Å². The summed E-state index contributed by atoms with van der Waals surface area (Å²) in [5.41, 5.74) is 5.51. The summed E-state index contributed by atoms with van der Waals surface area (Å²) in [4.78, 5) is 17.4. The Morgan fingerprint density at radius 1 is 1.65 bits per heavy atom. The summed E-state index contributed by atoms with van der Waals surface area (Å²) in [7, 11) is 1.64. The fraction of sp³-hybridized carbons (Fsp3) is 0.538. The fourth-order valence-electron chi connectivity index (χ4n) is 2.29. The fourth-order valence-corrected chi connectivity index (χ4v) is 2.58. The van der Waals surface area contributed by atoms with E-state index in [4.69, 9.17) is 26.8 Å². The van der Waals surface area contributed by atoms with Crippen LogP contribution in [0.25, 0.3) is 0 Å². The lowest BCUT2D eigenvalue weighted by Gasteiger charge is -2.37. The number of ether oxygens (including phenoxy) is 2. The molecule has 2 rings (SSSR count). The molecule has 0 aromatic carbocycles. The van der Waals surface area contributed by atoms with Gasteiger partial charge in [0.1, 0.15) is 5.82 Å². The summed E-state index contributed by atoms with van der Waals surface area (Å²) >= 11 is 6.20. The van der Waals surface area contributed by atoms with E-state index in [1.54, 1.807) is 7.11 Å². The zero-order valence-electron chi connectivity index (χ0n) is 11.5. The van der Waals surface area contributed by atoms with Gasteiger partial charge in [-0.3, -0.25) is 4.79 Å². The summed E-state index contributed by atoms with van der Waals surface area (Å²) in [6.45, 7) is 3.82. The number of morpholine rings is 1. The van der Waals surface area contributed by atoms with Crippen molar-refractivity contribution in [1.82, 2.24) is 4.98 Å². The van der Waals surface area contributed by atoms with Gasteiger partial charge in [0, 0.05) is 26.4 Å². The van der Waals surface area contributed by atoms with Crippen molar-refractivity contribution >= 4 is 23.3 Å². The molecule has 1 saturated heterocycles. The number of halogens is 1. The molecular weight excluding hydrogens is 282 g/mol. The molecule has 1 aliphatic heterocycles. The Hall–Kier alpha value is -1.37. The van der Waals surface area contributed by atoms with Gasteiger partial charge in [-0.25, -0.2) is 4.98 Å². The number of rotatable bonds is 4. The predicted octanol–water partition coefficient (Wildman–Crippen LogP) is 1.07. The second kappa shape index (κ2) is 6.39. The molecule has 0 bridgehead atoms. The third kappa shape index (κ3) is 3.39. The van der Waals surface area contributed by atoms with Crippen molar-refractivity contribution in [2.24, 2.45) is 5.73 Å². The van der Waals surface area contributed by atoms with Gasteiger partial charge in [-0.15, -0.1) is 0 Å². The Balaban J connectivity index is 2.19. The van der Waals surface area contributed by atoms with Gasteiger partial charge in [0.05, 0.1) is 29.4 Å². The van der Waals surface area contributed by atoms with Gasteiger partial charge < -0.3 is 20.1 Å². The molecule has 1 amide bonds. The van der Waals surface area contributed by atoms with E-state index in [2.05, 4.69) is 4.98 Å². The molecule has 0 radical (unpaired) electrons. The average molecular weight is 300 g/mol. The number of aromatic nitrogens is 1. The van der Waals surface area contributed by atoms with E-state index in [0.29, 0.717) is 36.1 Å². The summed E-state index contributed by atoms with van der Waals surface area (Å²) in [6, 6.07) is 1.54. The Morgan fingerprint density at radius 3 is 3.00 bits per heavy atom. The molecule has 20 heavy (non-hydrogen) atoms. The standard InChI is InChI=1S/C13H18ClN3O3/c1-8-5-17(6-10(20-8)7-19-2)13-11(14)3-9(4-16-13)12(15)18/h3-4,8,10H,5-7H2,1-2H3,(H2,15,18). The molecule has 0 spiro atoms. The number of anilines is 1. The number of hydrogen-bond donors (Lipinski definition) is 1. The summed E-state index contributed by atoms with van der Waals surface area (Å²) in [5, 5.41) is 0.409. The molecule has 6 nitrogen and oxygen atoms in total. The lowest BCUT2D eigenvalue weighted by atomic mass is 10.2. The number of carbonyl (C=O) groups is 1. The van der Waals surface area contributed by atoms with Crippen molar-refractivity contribution < 1.29 is 14.3 Å². The number of primary amides is 1. The Kier molecular flexibility index (Phi) is 4.80. The molecule has 2 unspecified atom stereocenters. The number of hydrogen-bond acceptors (Lipinski definition) is 5. The van der Waals surface area contributed by atoms with Gasteiger partial charge in [0.2, 0.25) is 5.91 Å². The zero-order chi connectivity index (χ0) is 14.7. The topological polar surface area (TPSA) is 77.7 Å². The van der Waals surface area contributed by atoms with E-state index in [0.717, 1.165) is 0 Å². The van der Waals surface area contributed by atoms with Crippen LogP contribution in [0.3, 0.4) is 0 Å².